The van der Waals surface area contributed by atoms with Crippen molar-refractivity contribution in [2.45, 2.75) is 32.9 Å². The van der Waals surface area contributed by atoms with E-state index < -0.39 is 6.10 Å². The number of rotatable bonds is 6. The van der Waals surface area contributed by atoms with Gasteiger partial charge in [-0.15, -0.1) is 0 Å². The SMILES string of the molecule is CCCOCC(O)c1ccnn1CC. The summed E-state index contributed by atoms with van der Waals surface area (Å²) in [6.07, 6.45) is 2.10. The van der Waals surface area contributed by atoms with E-state index in [0.29, 0.717) is 13.2 Å². The first-order valence-electron chi connectivity index (χ1n) is 5.07. The first-order valence-corrected chi connectivity index (χ1v) is 5.07. The molecule has 1 heterocycles. The molecule has 0 amide bonds. The largest absolute Gasteiger partial charge is 0.384 e. The highest BCUT2D eigenvalue weighted by Gasteiger charge is 2.11. The highest BCUT2D eigenvalue weighted by molar-refractivity contribution is 5.04. The number of ether oxygens (including phenoxy) is 1. The number of aliphatic hydroxyl groups excluding tert-OH is 1. The minimum absolute atomic E-state index is 0.347. The van der Waals surface area contributed by atoms with E-state index >= 15 is 0 Å². The molecule has 0 fully saturated rings. The molecule has 1 rings (SSSR count). The fourth-order valence-corrected chi connectivity index (χ4v) is 1.31. The lowest BCUT2D eigenvalue weighted by atomic mass is 10.2. The molecule has 0 aromatic carbocycles. The molecule has 0 bridgehead atoms. The van der Waals surface area contributed by atoms with Crippen LogP contribution >= 0.6 is 0 Å². The van der Waals surface area contributed by atoms with Gasteiger partial charge in [0, 0.05) is 19.3 Å². The monoisotopic (exact) mass is 198 g/mol. The van der Waals surface area contributed by atoms with Crippen LogP contribution in [-0.2, 0) is 11.3 Å². The third-order valence-corrected chi connectivity index (χ3v) is 2.01. The minimum atomic E-state index is -0.566. The molecule has 1 aromatic heterocycles. The smallest absolute Gasteiger partial charge is 0.119 e. The Morgan fingerprint density at radius 1 is 1.57 bits per heavy atom. The molecule has 0 aliphatic heterocycles. The highest BCUT2D eigenvalue weighted by atomic mass is 16.5. The third kappa shape index (κ3) is 2.82. The molecular weight excluding hydrogens is 180 g/mol. The van der Waals surface area contributed by atoms with E-state index in [1.165, 1.54) is 0 Å². The summed E-state index contributed by atoms with van der Waals surface area (Å²) >= 11 is 0. The Kier molecular flexibility index (Phi) is 4.62. The molecule has 0 aliphatic carbocycles. The van der Waals surface area contributed by atoms with Gasteiger partial charge in [-0.1, -0.05) is 6.92 Å². The van der Waals surface area contributed by atoms with E-state index in [9.17, 15) is 5.11 Å². The Labute approximate surface area is 84.5 Å². The average molecular weight is 198 g/mol. The van der Waals surface area contributed by atoms with Crippen LogP contribution in [0.25, 0.3) is 0 Å². The summed E-state index contributed by atoms with van der Waals surface area (Å²) in [5, 5.41) is 13.8. The van der Waals surface area contributed by atoms with Gasteiger partial charge >= 0.3 is 0 Å². The molecule has 1 atom stereocenters. The number of aryl methyl sites for hydroxylation is 1. The van der Waals surface area contributed by atoms with Gasteiger partial charge in [-0.05, 0) is 19.4 Å². The molecule has 14 heavy (non-hydrogen) atoms. The number of hydrogen-bond donors (Lipinski definition) is 1. The van der Waals surface area contributed by atoms with E-state index in [2.05, 4.69) is 5.10 Å². The third-order valence-electron chi connectivity index (χ3n) is 2.01. The second kappa shape index (κ2) is 5.78. The Balaban J connectivity index is 2.47. The summed E-state index contributed by atoms with van der Waals surface area (Å²) < 4.78 is 7.05. The van der Waals surface area contributed by atoms with Crippen molar-refractivity contribution in [2.75, 3.05) is 13.2 Å². The van der Waals surface area contributed by atoms with Gasteiger partial charge in [-0.3, -0.25) is 4.68 Å². The first-order chi connectivity index (χ1) is 6.79. The molecule has 80 valence electrons. The van der Waals surface area contributed by atoms with E-state index in [4.69, 9.17) is 4.74 Å². The Morgan fingerprint density at radius 3 is 3.00 bits per heavy atom. The Hall–Kier alpha value is -0.870. The molecule has 0 saturated carbocycles. The fourth-order valence-electron chi connectivity index (χ4n) is 1.31. The first kappa shape index (κ1) is 11.2. The second-order valence-electron chi connectivity index (χ2n) is 3.16. The molecule has 0 radical (unpaired) electrons. The molecule has 0 saturated heterocycles. The zero-order valence-corrected chi connectivity index (χ0v) is 8.81. The molecule has 1 unspecified atom stereocenters. The lowest BCUT2D eigenvalue weighted by Crippen LogP contribution is -2.13. The van der Waals surface area contributed by atoms with Crippen molar-refractivity contribution in [2.24, 2.45) is 0 Å². The number of aromatic nitrogens is 2. The standard InChI is InChI=1S/C10H18N2O2/c1-3-7-14-8-10(13)9-5-6-11-12(9)4-2/h5-6,10,13H,3-4,7-8H2,1-2H3. The summed E-state index contributed by atoms with van der Waals surface area (Å²) in [6.45, 7) is 5.85. The van der Waals surface area contributed by atoms with Crippen molar-refractivity contribution >= 4 is 0 Å². The van der Waals surface area contributed by atoms with Crippen LogP contribution in [0.4, 0.5) is 0 Å². The van der Waals surface area contributed by atoms with Gasteiger partial charge in [-0.25, -0.2) is 0 Å². The van der Waals surface area contributed by atoms with Crippen molar-refractivity contribution in [3.8, 4) is 0 Å². The van der Waals surface area contributed by atoms with Crippen LogP contribution < -0.4 is 0 Å². The van der Waals surface area contributed by atoms with E-state index in [1.54, 1.807) is 10.9 Å². The van der Waals surface area contributed by atoms with Gasteiger partial charge in [-0.2, -0.15) is 5.10 Å². The maximum Gasteiger partial charge on any atom is 0.119 e. The van der Waals surface area contributed by atoms with Crippen LogP contribution in [0.5, 0.6) is 0 Å². The summed E-state index contributed by atoms with van der Waals surface area (Å²) in [5.74, 6) is 0. The molecule has 0 aliphatic rings. The van der Waals surface area contributed by atoms with Crippen LogP contribution in [0.3, 0.4) is 0 Å². The maximum absolute atomic E-state index is 9.76. The lowest BCUT2D eigenvalue weighted by Gasteiger charge is -2.12. The van der Waals surface area contributed by atoms with Gasteiger partial charge in [0.25, 0.3) is 0 Å². The predicted molar refractivity (Wildman–Crippen MR) is 54.0 cm³/mol. The van der Waals surface area contributed by atoms with E-state index in [0.717, 1.165) is 18.7 Å². The molecule has 4 heteroatoms. The zero-order valence-electron chi connectivity index (χ0n) is 8.81. The molecule has 1 aromatic rings. The Morgan fingerprint density at radius 2 is 2.36 bits per heavy atom. The summed E-state index contributed by atoms with van der Waals surface area (Å²) in [5.41, 5.74) is 0.823. The van der Waals surface area contributed by atoms with Crippen molar-refractivity contribution in [1.29, 1.82) is 0 Å². The van der Waals surface area contributed by atoms with Gasteiger partial charge < -0.3 is 9.84 Å². The average Bonchev–Trinajstić information content (AvgIpc) is 2.65. The number of nitrogens with zero attached hydrogens (tertiary/aromatic N) is 2. The number of aliphatic hydroxyl groups is 1. The van der Waals surface area contributed by atoms with Gasteiger partial charge in [0.15, 0.2) is 0 Å². The Bertz CT molecular complexity index is 260. The fraction of sp³-hybridized carbons (Fsp3) is 0.700. The van der Waals surface area contributed by atoms with Crippen LogP contribution in [0.1, 0.15) is 32.1 Å². The number of hydrogen-bond acceptors (Lipinski definition) is 3. The van der Waals surface area contributed by atoms with Crippen molar-refractivity contribution in [1.82, 2.24) is 9.78 Å². The van der Waals surface area contributed by atoms with Crippen LogP contribution in [0.2, 0.25) is 0 Å². The minimum Gasteiger partial charge on any atom is -0.384 e. The molecule has 0 spiro atoms. The zero-order chi connectivity index (χ0) is 10.4. The van der Waals surface area contributed by atoms with Crippen LogP contribution in [0, 0.1) is 0 Å². The van der Waals surface area contributed by atoms with Crippen LogP contribution in [0.15, 0.2) is 12.3 Å². The van der Waals surface area contributed by atoms with Gasteiger partial charge in [0.05, 0.1) is 12.3 Å². The van der Waals surface area contributed by atoms with E-state index in [-0.39, 0.29) is 0 Å². The normalized spacial score (nSPS) is 13.1. The van der Waals surface area contributed by atoms with Crippen molar-refractivity contribution < 1.29 is 9.84 Å². The summed E-state index contributed by atoms with van der Waals surface area (Å²) in [4.78, 5) is 0. The van der Waals surface area contributed by atoms with Gasteiger partial charge in [0.2, 0.25) is 0 Å². The summed E-state index contributed by atoms with van der Waals surface area (Å²) in [6, 6.07) is 1.82. The predicted octanol–water partition coefficient (Wildman–Crippen LogP) is 1.36. The topological polar surface area (TPSA) is 47.3 Å². The van der Waals surface area contributed by atoms with Gasteiger partial charge in [0.1, 0.15) is 6.10 Å². The van der Waals surface area contributed by atoms with Crippen LogP contribution in [-0.4, -0.2) is 28.1 Å². The summed E-state index contributed by atoms with van der Waals surface area (Å²) in [7, 11) is 0. The highest BCUT2D eigenvalue weighted by Crippen LogP contribution is 2.12. The van der Waals surface area contributed by atoms with E-state index in [1.807, 2.05) is 19.9 Å². The van der Waals surface area contributed by atoms with Crippen molar-refractivity contribution in [3.05, 3.63) is 18.0 Å². The maximum atomic E-state index is 9.76. The quantitative estimate of drug-likeness (QED) is 0.702. The lowest BCUT2D eigenvalue weighted by molar-refractivity contribution is 0.0319. The van der Waals surface area contributed by atoms with Crippen molar-refractivity contribution in [3.63, 3.8) is 0 Å². The molecule has 4 nitrogen and oxygen atoms in total. The molecule has 1 N–H and O–H groups in total. The second-order valence-corrected chi connectivity index (χ2v) is 3.16. The molecular formula is C10H18N2O2.